The topological polar surface area (TPSA) is 78.8 Å². The van der Waals surface area contributed by atoms with Crippen molar-refractivity contribution in [3.63, 3.8) is 0 Å². The van der Waals surface area contributed by atoms with E-state index in [9.17, 15) is 0 Å². The fraction of sp³-hybridized carbons (Fsp3) is 0.462. The highest BCUT2D eigenvalue weighted by atomic mass is 35.5. The van der Waals surface area contributed by atoms with Gasteiger partial charge in [0.15, 0.2) is 5.82 Å². The Bertz CT molecular complexity index is 615. The van der Waals surface area contributed by atoms with Crippen molar-refractivity contribution in [2.24, 2.45) is 5.92 Å². The van der Waals surface area contributed by atoms with Crippen molar-refractivity contribution in [1.82, 2.24) is 20.2 Å². The van der Waals surface area contributed by atoms with Gasteiger partial charge in [-0.15, -0.1) is 5.10 Å². The summed E-state index contributed by atoms with van der Waals surface area (Å²) in [7, 11) is 0. The van der Waals surface area contributed by atoms with E-state index in [-0.39, 0.29) is 6.10 Å². The van der Waals surface area contributed by atoms with E-state index in [4.69, 9.17) is 22.1 Å². The van der Waals surface area contributed by atoms with Crippen LogP contribution in [-0.2, 0) is 11.3 Å². The second-order valence-electron chi connectivity index (χ2n) is 5.05. The van der Waals surface area contributed by atoms with E-state index in [1.54, 1.807) is 16.8 Å². The third kappa shape index (κ3) is 2.48. The number of hydrogen-bond donors (Lipinski definition) is 1. The van der Waals surface area contributed by atoms with Crippen LogP contribution >= 0.6 is 11.6 Å². The first-order valence-corrected chi connectivity index (χ1v) is 6.96. The molecule has 1 fully saturated rings. The van der Waals surface area contributed by atoms with Gasteiger partial charge in [0.05, 0.1) is 23.4 Å². The number of nitrogens with two attached hydrogens (primary N) is 1. The summed E-state index contributed by atoms with van der Waals surface area (Å²) in [5.74, 6) is 1.13. The molecule has 7 heteroatoms. The predicted octanol–water partition coefficient (Wildman–Crippen LogP) is 2.00. The Balaban J connectivity index is 1.87. The summed E-state index contributed by atoms with van der Waals surface area (Å²) in [6.45, 7) is 3.63. The molecule has 1 aromatic heterocycles. The summed E-state index contributed by atoms with van der Waals surface area (Å²) < 4.78 is 7.38. The van der Waals surface area contributed by atoms with E-state index < -0.39 is 0 Å². The van der Waals surface area contributed by atoms with Crippen LogP contribution in [0.15, 0.2) is 18.2 Å². The van der Waals surface area contributed by atoms with Gasteiger partial charge in [0, 0.05) is 18.1 Å². The molecule has 2 aromatic rings. The van der Waals surface area contributed by atoms with Crippen LogP contribution in [0.4, 0.5) is 5.69 Å². The summed E-state index contributed by atoms with van der Waals surface area (Å²) in [6, 6.07) is 5.42. The van der Waals surface area contributed by atoms with Gasteiger partial charge in [-0.25, -0.2) is 4.68 Å². The molecular weight excluding hydrogens is 278 g/mol. The number of hydrogen-bond acceptors (Lipinski definition) is 5. The highest BCUT2D eigenvalue weighted by Gasteiger charge is 2.26. The van der Waals surface area contributed by atoms with Crippen molar-refractivity contribution in [2.45, 2.75) is 26.0 Å². The van der Waals surface area contributed by atoms with E-state index in [0.29, 0.717) is 22.5 Å². The smallest absolute Gasteiger partial charge is 0.182 e. The number of anilines is 1. The number of halogens is 1. The minimum Gasteiger partial charge on any atom is -0.398 e. The summed E-state index contributed by atoms with van der Waals surface area (Å²) in [5.41, 5.74) is 7.22. The van der Waals surface area contributed by atoms with Gasteiger partial charge >= 0.3 is 0 Å². The van der Waals surface area contributed by atoms with Gasteiger partial charge < -0.3 is 10.5 Å². The molecule has 106 valence electrons. The molecule has 2 atom stereocenters. The van der Waals surface area contributed by atoms with Gasteiger partial charge in [0.25, 0.3) is 0 Å². The average Bonchev–Trinajstić information content (AvgIpc) is 3.04. The minimum absolute atomic E-state index is 0.238. The molecule has 6 nitrogen and oxygen atoms in total. The Kier molecular flexibility index (Phi) is 3.58. The average molecular weight is 294 g/mol. The summed E-state index contributed by atoms with van der Waals surface area (Å²) in [4.78, 5) is 0. The number of nitrogens with zero attached hydrogens (tertiary/aromatic N) is 4. The molecule has 0 aliphatic carbocycles. The Labute approximate surface area is 121 Å². The number of tetrazole rings is 1. The van der Waals surface area contributed by atoms with Crippen LogP contribution in [0.5, 0.6) is 0 Å². The quantitative estimate of drug-likeness (QED) is 0.876. The third-order valence-electron chi connectivity index (χ3n) is 3.73. The zero-order valence-electron chi connectivity index (χ0n) is 11.2. The number of ether oxygens (including phenoxy) is 1. The second kappa shape index (κ2) is 5.38. The van der Waals surface area contributed by atoms with Crippen LogP contribution in [-0.4, -0.2) is 32.9 Å². The first-order valence-electron chi connectivity index (χ1n) is 6.58. The molecule has 0 radical (unpaired) electrons. The van der Waals surface area contributed by atoms with Crippen LogP contribution in [0.2, 0.25) is 5.02 Å². The Morgan fingerprint density at radius 1 is 1.50 bits per heavy atom. The summed E-state index contributed by atoms with van der Waals surface area (Å²) >= 11 is 5.94. The van der Waals surface area contributed by atoms with Crippen LogP contribution < -0.4 is 5.73 Å². The molecule has 20 heavy (non-hydrogen) atoms. The molecule has 1 aliphatic heterocycles. The lowest BCUT2D eigenvalue weighted by molar-refractivity contribution is 0.101. The van der Waals surface area contributed by atoms with Crippen LogP contribution in [0, 0.1) is 5.92 Å². The van der Waals surface area contributed by atoms with Gasteiger partial charge in [0.1, 0.15) is 0 Å². The Morgan fingerprint density at radius 3 is 3.05 bits per heavy atom. The molecule has 2 N–H and O–H groups in total. The van der Waals surface area contributed by atoms with Gasteiger partial charge in [-0.1, -0.05) is 11.6 Å². The minimum atomic E-state index is 0.238. The lowest BCUT2D eigenvalue weighted by Gasteiger charge is -2.14. The van der Waals surface area contributed by atoms with Crippen molar-refractivity contribution in [1.29, 1.82) is 0 Å². The number of aromatic nitrogens is 4. The molecule has 3 rings (SSSR count). The van der Waals surface area contributed by atoms with Crippen molar-refractivity contribution in [3.8, 4) is 11.4 Å². The maximum absolute atomic E-state index is 5.94. The van der Waals surface area contributed by atoms with E-state index >= 15 is 0 Å². The van der Waals surface area contributed by atoms with Gasteiger partial charge in [-0.3, -0.25) is 0 Å². The van der Waals surface area contributed by atoms with E-state index in [0.717, 1.165) is 25.1 Å². The zero-order valence-corrected chi connectivity index (χ0v) is 11.9. The summed E-state index contributed by atoms with van der Waals surface area (Å²) in [6.07, 6.45) is 1.27. The first-order chi connectivity index (χ1) is 9.65. The standard InChI is InChI=1S/C13H16ClN5O/c1-8-10(4-5-20-8)7-19-13(16-17-18-19)9-2-3-11(14)12(15)6-9/h2-3,6,8,10H,4-5,7,15H2,1H3. The third-order valence-corrected chi connectivity index (χ3v) is 4.07. The van der Waals surface area contributed by atoms with Crippen molar-refractivity contribution >= 4 is 17.3 Å². The molecular formula is C13H16ClN5O. The normalized spacial score (nSPS) is 22.3. The second-order valence-corrected chi connectivity index (χ2v) is 5.45. The van der Waals surface area contributed by atoms with Crippen LogP contribution in [0.3, 0.4) is 0 Å². The number of rotatable bonds is 3. The maximum Gasteiger partial charge on any atom is 0.182 e. The fourth-order valence-corrected chi connectivity index (χ4v) is 2.57. The number of benzene rings is 1. The maximum atomic E-state index is 5.94. The molecule has 1 saturated heterocycles. The molecule has 0 bridgehead atoms. The van der Waals surface area contributed by atoms with Gasteiger partial charge in [0.2, 0.25) is 0 Å². The first kappa shape index (κ1) is 13.3. The Morgan fingerprint density at radius 2 is 2.35 bits per heavy atom. The molecule has 1 aromatic carbocycles. The van der Waals surface area contributed by atoms with E-state index in [2.05, 4.69) is 22.4 Å². The summed E-state index contributed by atoms with van der Waals surface area (Å²) in [5, 5.41) is 12.5. The highest BCUT2D eigenvalue weighted by Crippen LogP contribution is 2.27. The molecule has 2 unspecified atom stereocenters. The molecule has 0 amide bonds. The van der Waals surface area contributed by atoms with Gasteiger partial charge in [-0.2, -0.15) is 0 Å². The highest BCUT2D eigenvalue weighted by molar-refractivity contribution is 6.33. The van der Waals surface area contributed by atoms with E-state index in [1.165, 1.54) is 0 Å². The van der Waals surface area contributed by atoms with Crippen molar-refractivity contribution < 1.29 is 4.74 Å². The lowest BCUT2D eigenvalue weighted by Crippen LogP contribution is -2.19. The van der Waals surface area contributed by atoms with Crippen LogP contribution in [0.25, 0.3) is 11.4 Å². The molecule has 0 saturated carbocycles. The van der Waals surface area contributed by atoms with Gasteiger partial charge in [-0.05, 0) is 42.0 Å². The van der Waals surface area contributed by atoms with Crippen molar-refractivity contribution in [2.75, 3.05) is 12.3 Å². The fourth-order valence-electron chi connectivity index (χ4n) is 2.46. The van der Waals surface area contributed by atoms with Crippen LogP contribution in [0.1, 0.15) is 13.3 Å². The molecule has 1 aliphatic rings. The Hall–Kier alpha value is -1.66. The lowest BCUT2D eigenvalue weighted by atomic mass is 10.0. The number of nitrogen functional groups attached to an aromatic ring is 1. The molecule has 2 heterocycles. The largest absolute Gasteiger partial charge is 0.398 e. The SMILES string of the molecule is CC1OCCC1Cn1nnnc1-c1ccc(Cl)c(N)c1. The zero-order chi connectivity index (χ0) is 14.1. The predicted molar refractivity (Wildman–Crippen MR) is 76.2 cm³/mol. The van der Waals surface area contributed by atoms with E-state index in [1.807, 2.05) is 6.07 Å². The molecule has 0 spiro atoms. The monoisotopic (exact) mass is 293 g/mol. The van der Waals surface area contributed by atoms with Crippen molar-refractivity contribution in [3.05, 3.63) is 23.2 Å².